The quantitative estimate of drug-likeness (QED) is 0.815. The molecule has 17 heavy (non-hydrogen) atoms. The smallest absolute Gasteiger partial charge is 0.266 e. The van der Waals surface area contributed by atoms with Crippen LogP contribution in [0.25, 0.3) is 11.6 Å². The molecule has 0 amide bonds. The summed E-state index contributed by atoms with van der Waals surface area (Å²) in [5.41, 5.74) is 1.69. The maximum Gasteiger partial charge on any atom is 0.266 e. The molecule has 90 valence electrons. The predicted octanol–water partition coefficient (Wildman–Crippen LogP) is 2.57. The Kier molecular flexibility index (Phi) is 3.08. The van der Waals surface area contributed by atoms with Crippen LogP contribution in [0.15, 0.2) is 16.7 Å². The van der Waals surface area contributed by atoms with E-state index < -0.39 is 0 Å². The monoisotopic (exact) mass is 233 g/mol. The lowest BCUT2D eigenvalue weighted by atomic mass is 10.0. The van der Waals surface area contributed by atoms with Crippen LogP contribution in [0.5, 0.6) is 5.75 Å². The molecule has 0 aliphatic carbocycles. The Morgan fingerprint density at radius 3 is 2.59 bits per heavy atom. The lowest BCUT2D eigenvalue weighted by Crippen LogP contribution is -1.97. The van der Waals surface area contributed by atoms with Crippen molar-refractivity contribution in [3.63, 3.8) is 0 Å². The summed E-state index contributed by atoms with van der Waals surface area (Å²) >= 11 is 0. The van der Waals surface area contributed by atoms with E-state index in [1.54, 1.807) is 20.2 Å². The molecule has 0 aliphatic rings. The average Bonchev–Trinajstić information content (AvgIpc) is 2.75. The van der Waals surface area contributed by atoms with Gasteiger partial charge in [0.05, 0.1) is 7.11 Å². The van der Waals surface area contributed by atoms with Crippen LogP contribution in [0.1, 0.15) is 31.2 Å². The van der Waals surface area contributed by atoms with Gasteiger partial charge in [0.25, 0.3) is 5.89 Å². The molecule has 2 rings (SSSR count). The molecule has 0 bridgehead atoms. The lowest BCUT2D eigenvalue weighted by Gasteiger charge is -2.11. The molecule has 0 saturated heterocycles. The average molecular weight is 233 g/mol. The maximum absolute atomic E-state index is 5.35. The van der Waals surface area contributed by atoms with Crippen LogP contribution in [0, 0.1) is 6.92 Å². The largest absolute Gasteiger partial charge is 0.496 e. The van der Waals surface area contributed by atoms with E-state index in [0.717, 1.165) is 11.3 Å². The van der Waals surface area contributed by atoms with Gasteiger partial charge in [-0.15, -0.1) is 10.2 Å². The number of nitrogens with zero attached hydrogens (tertiary/aromatic N) is 3. The van der Waals surface area contributed by atoms with Gasteiger partial charge in [-0.3, -0.25) is 4.98 Å². The molecule has 2 aromatic rings. The summed E-state index contributed by atoms with van der Waals surface area (Å²) in [6.07, 6.45) is 1.79. The molecule has 2 heterocycles. The number of hydrogen-bond acceptors (Lipinski definition) is 5. The summed E-state index contributed by atoms with van der Waals surface area (Å²) in [6.45, 7) is 5.93. The third kappa shape index (κ3) is 2.27. The Balaban J connectivity index is 2.44. The third-order valence-corrected chi connectivity index (χ3v) is 2.48. The fourth-order valence-corrected chi connectivity index (χ4v) is 1.57. The first-order chi connectivity index (χ1) is 8.11. The van der Waals surface area contributed by atoms with Crippen LogP contribution >= 0.6 is 0 Å². The summed E-state index contributed by atoms with van der Waals surface area (Å²) < 4.78 is 10.7. The van der Waals surface area contributed by atoms with Gasteiger partial charge in [0.2, 0.25) is 5.89 Å². The molecule has 0 radical (unpaired) electrons. The van der Waals surface area contributed by atoms with Gasteiger partial charge in [-0.05, 0) is 5.92 Å². The number of pyridine rings is 1. The van der Waals surface area contributed by atoms with E-state index in [1.807, 2.05) is 6.07 Å². The normalized spacial score (nSPS) is 10.9. The highest BCUT2D eigenvalue weighted by molar-refractivity contribution is 5.52. The highest BCUT2D eigenvalue weighted by atomic mass is 16.5. The summed E-state index contributed by atoms with van der Waals surface area (Å²) in [5, 5.41) is 7.71. The van der Waals surface area contributed by atoms with E-state index in [0.29, 0.717) is 23.4 Å². The van der Waals surface area contributed by atoms with Crippen LogP contribution in [-0.2, 0) is 0 Å². The second-order valence-electron chi connectivity index (χ2n) is 4.09. The Morgan fingerprint density at radius 2 is 2.06 bits per heavy atom. The van der Waals surface area contributed by atoms with Crippen molar-refractivity contribution < 1.29 is 9.15 Å². The van der Waals surface area contributed by atoms with Crippen LogP contribution in [0.4, 0.5) is 0 Å². The number of ether oxygens (including phenoxy) is 1. The second-order valence-corrected chi connectivity index (χ2v) is 4.09. The number of aromatic nitrogens is 3. The van der Waals surface area contributed by atoms with Gasteiger partial charge >= 0.3 is 0 Å². The second kappa shape index (κ2) is 4.53. The fraction of sp³-hybridized carbons (Fsp3) is 0.417. The first-order valence-electron chi connectivity index (χ1n) is 5.46. The first-order valence-corrected chi connectivity index (χ1v) is 5.46. The topological polar surface area (TPSA) is 61.0 Å². The highest BCUT2D eigenvalue weighted by Crippen LogP contribution is 2.29. The molecule has 0 aromatic carbocycles. The zero-order chi connectivity index (χ0) is 12.4. The van der Waals surface area contributed by atoms with Crippen molar-refractivity contribution in [3.05, 3.63) is 23.7 Å². The van der Waals surface area contributed by atoms with Crippen molar-refractivity contribution in [2.24, 2.45) is 0 Å². The van der Waals surface area contributed by atoms with E-state index in [1.165, 1.54) is 0 Å². The lowest BCUT2D eigenvalue weighted by molar-refractivity contribution is 0.406. The van der Waals surface area contributed by atoms with Crippen molar-refractivity contribution >= 4 is 0 Å². The first kappa shape index (κ1) is 11.6. The summed E-state index contributed by atoms with van der Waals surface area (Å²) in [5.74, 6) is 2.08. The van der Waals surface area contributed by atoms with Crippen molar-refractivity contribution in [1.82, 2.24) is 15.2 Å². The molecular weight excluding hydrogens is 218 g/mol. The number of methoxy groups -OCH3 is 1. The van der Waals surface area contributed by atoms with Gasteiger partial charge < -0.3 is 9.15 Å². The van der Waals surface area contributed by atoms with E-state index >= 15 is 0 Å². The van der Waals surface area contributed by atoms with Gasteiger partial charge in [-0.25, -0.2) is 0 Å². The zero-order valence-electron chi connectivity index (χ0n) is 10.4. The Labute approximate surface area is 99.8 Å². The van der Waals surface area contributed by atoms with Crippen molar-refractivity contribution in [1.29, 1.82) is 0 Å². The zero-order valence-corrected chi connectivity index (χ0v) is 10.4. The van der Waals surface area contributed by atoms with Crippen molar-refractivity contribution in [3.8, 4) is 17.3 Å². The van der Waals surface area contributed by atoms with Gasteiger partial charge in [-0.2, -0.15) is 0 Å². The minimum absolute atomic E-state index is 0.357. The van der Waals surface area contributed by atoms with Crippen LogP contribution < -0.4 is 4.74 Å². The minimum Gasteiger partial charge on any atom is -0.496 e. The molecule has 0 N–H and O–H groups in total. The van der Waals surface area contributed by atoms with Crippen molar-refractivity contribution in [2.75, 3.05) is 7.11 Å². The highest BCUT2D eigenvalue weighted by Gasteiger charge is 2.13. The summed E-state index contributed by atoms with van der Waals surface area (Å²) in [4.78, 5) is 4.32. The van der Waals surface area contributed by atoms with Gasteiger partial charge in [0.1, 0.15) is 11.4 Å². The Morgan fingerprint density at radius 1 is 1.29 bits per heavy atom. The van der Waals surface area contributed by atoms with Gasteiger partial charge in [0, 0.05) is 24.8 Å². The van der Waals surface area contributed by atoms with Crippen LogP contribution in [-0.4, -0.2) is 22.3 Å². The molecule has 0 saturated carbocycles. The molecule has 0 unspecified atom stereocenters. The molecule has 0 spiro atoms. The molecule has 0 atom stereocenters. The van der Waals surface area contributed by atoms with Crippen molar-refractivity contribution in [2.45, 2.75) is 26.7 Å². The van der Waals surface area contributed by atoms with E-state index in [9.17, 15) is 0 Å². The molecule has 0 fully saturated rings. The van der Waals surface area contributed by atoms with E-state index in [2.05, 4.69) is 29.0 Å². The molecule has 5 nitrogen and oxygen atoms in total. The minimum atomic E-state index is 0.357. The number of aryl methyl sites for hydroxylation is 1. The van der Waals surface area contributed by atoms with Gasteiger partial charge in [-0.1, -0.05) is 13.8 Å². The standard InChI is InChI=1S/C12H15N3O2/c1-7(2)9-6-13-10(5-11(9)16-4)12-15-14-8(3)17-12/h5-7H,1-4H3. The van der Waals surface area contributed by atoms with Crippen LogP contribution in [0.3, 0.4) is 0 Å². The molecule has 5 heteroatoms. The molecular formula is C12H15N3O2. The summed E-state index contributed by atoms with van der Waals surface area (Å²) in [6, 6.07) is 1.82. The number of hydrogen-bond donors (Lipinski definition) is 0. The maximum atomic E-state index is 5.35. The van der Waals surface area contributed by atoms with E-state index in [4.69, 9.17) is 9.15 Å². The molecule has 2 aromatic heterocycles. The predicted molar refractivity (Wildman–Crippen MR) is 62.9 cm³/mol. The van der Waals surface area contributed by atoms with Gasteiger partial charge in [0.15, 0.2) is 0 Å². The summed E-state index contributed by atoms with van der Waals surface area (Å²) in [7, 11) is 1.64. The Hall–Kier alpha value is -1.91. The Bertz CT molecular complexity index is 520. The van der Waals surface area contributed by atoms with Crippen LogP contribution in [0.2, 0.25) is 0 Å². The molecule has 0 aliphatic heterocycles. The fourth-order valence-electron chi connectivity index (χ4n) is 1.57. The van der Waals surface area contributed by atoms with E-state index in [-0.39, 0.29) is 0 Å². The third-order valence-electron chi connectivity index (χ3n) is 2.48. The number of rotatable bonds is 3. The SMILES string of the molecule is COc1cc(-c2nnc(C)o2)ncc1C(C)C.